The van der Waals surface area contributed by atoms with Gasteiger partial charge in [-0.05, 0) is 49.6 Å². The van der Waals surface area contributed by atoms with E-state index in [1.54, 1.807) is 0 Å². The molecule has 0 atom stereocenters. The maximum atomic E-state index is 12.4. The summed E-state index contributed by atoms with van der Waals surface area (Å²) in [6.07, 6.45) is 1.93. The van der Waals surface area contributed by atoms with Crippen LogP contribution in [0.5, 0.6) is 0 Å². The second-order valence-electron chi connectivity index (χ2n) is 5.42. The molecule has 1 N–H and O–H groups in total. The lowest BCUT2D eigenvalue weighted by molar-refractivity contribution is 0.0930. The minimum Gasteiger partial charge on any atom is -0.343 e. The van der Waals surface area contributed by atoms with Gasteiger partial charge in [0.05, 0.1) is 5.54 Å². The molecule has 0 radical (unpaired) electrons. The van der Waals surface area contributed by atoms with Gasteiger partial charge in [0, 0.05) is 10.6 Å². The number of amides is 1. The summed E-state index contributed by atoms with van der Waals surface area (Å²) in [4.78, 5) is 12.4. The van der Waals surface area contributed by atoms with Crippen molar-refractivity contribution in [3.8, 4) is 0 Å². The van der Waals surface area contributed by atoms with Crippen LogP contribution >= 0.6 is 11.6 Å². The highest BCUT2D eigenvalue weighted by Crippen LogP contribution is 2.46. The zero-order chi connectivity index (χ0) is 14.2. The molecule has 1 amide bonds. The maximum Gasteiger partial charge on any atom is 0.251 e. The van der Waals surface area contributed by atoms with Gasteiger partial charge in [-0.3, -0.25) is 4.79 Å². The number of aryl methyl sites for hydroxylation is 1. The van der Waals surface area contributed by atoms with E-state index in [9.17, 15) is 4.79 Å². The van der Waals surface area contributed by atoms with Gasteiger partial charge in [-0.2, -0.15) is 0 Å². The molecule has 0 saturated heterocycles. The van der Waals surface area contributed by atoms with Crippen LogP contribution < -0.4 is 5.32 Å². The summed E-state index contributed by atoms with van der Waals surface area (Å²) in [6.45, 7) is 1.99. The van der Waals surface area contributed by atoms with Gasteiger partial charge in [0.2, 0.25) is 0 Å². The first-order valence-corrected chi connectivity index (χ1v) is 7.12. The third kappa shape index (κ3) is 2.56. The van der Waals surface area contributed by atoms with Crippen molar-refractivity contribution in [2.45, 2.75) is 25.3 Å². The molecule has 1 aliphatic carbocycles. The first kappa shape index (κ1) is 13.2. The van der Waals surface area contributed by atoms with Crippen LogP contribution in [0.4, 0.5) is 0 Å². The van der Waals surface area contributed by atoms with Crippen molar-refractivity contribution in [1.29, 1.82) is 0 Å². The summed E-state index contributed by atoms with van der Waals surface area (Å²) in [5, 5.41) is 3.86. The molecule has 2 aromatic rings. The van der Waals surface area contributed by atoms with E-state index in [4.69, 9.17) is 11.6 Å². The highest BCUT2D eigenvalue weighted by Gasteiger charge is 2.45. The monoisotopic (exact) mass is 285 g/mol. The summed E-state index contributed by atoms with van der Waals surface area (Å²) in [5.41, 5.74) is 2.65. The first-order valence-electron chi connectivity index (χ1n) is 6.74. The summed E-state index contributed by atoms with van der Waals surface area (Å²) < 4.78 is 0. The average Bonchev–Trinajstić information content (AvgIpc) is 3.20. The van der Waals surface area contributed by atoms with Crippen molar-refractivity contribution in [1.82, 2.24) is 5.32 Å². The van der Waals surface area contributed by atoms with E-state index >= 15 is 0 Å². The summed E-state index contributed by atoms with van der Waals surface area (Å²) in [5.74, 6) is -0.0221. The fourth-order valence-electron chi connectivity index (χ4n) is 2.47. The molecule has 0 spiro atoms. The van der Waals surface area contributed by atoms with E-state index in [0.29, 0.717) is 10.6 Å². The number of benzene rings is 2. The normalized spacial score (nSPS) is 15.7. The van der Waals surface area contributed by atoms with Gasteiger partial charge >= 0.3 is 0 Å². The number of halogens is 1. The Morgan fingerprint density at radius 2 is 1.90 bits per heavy atom. The molecule has 2 nitrogen and oxygen atoms in total. The van der Waals surface area contributed by atoms with E-state index in [2.05, 4.69) is 5.32 Å². The zero-order valence-electron chi connectivity index (χ0n) is 11.3. The van der Waals surface area contributed by atoms with E-state index in [1.165, 1.54) is 0 Å². The van der Waals surface area contributed by atoms with E-state index in [-0.39, 0.29) is 11.4 Å². The topological polar surface area (TPSA) is 29.1 Å². The predicted molar refractivity (Wildman–Crippen MR) is 81.0 cm³/mol. The third-order valence-electron chi connectivity index (χ3n) is 3.76. The molecule has 1 fully saturated rings. The van der Waals surface area contributed by atoms with Gasteiger partial charge in [-0.25, -0.2) is 0 Å². The molecule has 0 aromatic heterocycles. The Labute approximate surface area is 123 Å². The first-order chi connectivity index (χ1) is 9.59. The Morgan fingerprint density at radius 1 is 1.15 bits per heavy atom. The molecule has 3 rings (SSSR count). The van der Waals surface area contributed by atoms with Gasteiger partial charge in [-0.1, -0.05) is 41.4 Å². The SMILES string of the molecule is Cc1cccc(C(=O)NC2(c3cccc(Cl)c3)CC2)c1. The number of nitrogens with one attached hydrogen (secondary N) is 1. The quantitative estimate of drug-likeness (QED) is 0.905. The van der Waals surface area contributed by atoms with E-state index in [1.807, 2.05) is 55.5 Å². The Kier molecular flexibility index (Phi) is 3.27. The Bertz CT molecular complexity index is 662. The number of hydrogen-bond acceptors (Lipinski definition) is 1. The Hall–Kier alpha value is -1.80. The number of rotatable bonds is 3. The van der Waals surface area contributed by atoms with Gasteiger partial charge in [0.25, 0.3) is 5.91 Å². The van der Waals surface area contributed by atoms with Crippen LogP contribution in [0.2, 0.25) is 5.02 Å². The third-order valence-corrected chi connectivity index (χ3v) is 4.00. The smallest absolute Gasteiger partial charge is 0.251 e. The predicted octanol–water partition coefficient (Wildman–Crippen LogP) is 4.07. The highest BCUT2D eigenvalue weighted by molar-refractivity contribution is 6.30. The molecule has 0 heterocycles. The minimum atomic E-state index is -0.230. The number of carbonyl (C=O) groups is 1. The van der Waals surface area contributed by atoms with Crippen molar-refractivity contribution in [3.63, 3.8) is 0 Å². The van der Waals surface area contributed by atoms with Gasteiger partial charge in [0.1, 0.15) is 0 Å². The minimum absolute atomic E-state index is 0.0221. The van der Waals surface area contributed by atoms with Crippen molar-refractivity contribution >= 4 is 17.5 Å². The average molecular weight is 286 g/mol. The van der Waals surface area contributed by atoms with Crippen molar-refractivity contribution in [2.75, 3.05) is 0 Å². The van der Waals surface area contributed by atoms with E-state index < -0.39 is 0 Å². The molecular weight excluding hydrogens is 270 g/mol. The second-order valence-corrected chi connectivity index (χ2v) is 5.85. The van der Waals surface area contributed by atoms with Crippen molar-refractivity contribution in [3.05, 3.63) is 70.2 Å². The zero-order valence-corrected chi connectivity index (χ0v) is 12.1. The standard InChI is InChI=1S/C17H16ClNO/c1-12-4-2-5-13(10-12)16(20)19-17(8-9-17)14-6-3-7-15(18)11-14/h2-7,10-11H,8-9H2,1H3,(H,19,20). The molecule has 2 aromatic carbocycles. The van der Waals surface area contributed by atoms with Crippen LogP contribution in [0.25, 0.3) is 0 Å². The lowest BCUT2D eigenvalue weighted by Gasteiger charge is -2.18. The fourth-order valence-corrected chi connectivity index (χ4v) is 2.66. The molecule has 0 bridgehead atoms. The Morgan fingerprint density at radius 3 is 2.55 bits per heavy atom. The van der Waals surface area contributed by atoms with Crippen LogP contribution in [0.1, 0.15) is 34.3 Å². The van der Waals surface area contributed by atoms with Gasteiger partial charge in [-0.15, -0.1) is 0 Å². The summed E-state index contributed by atoms with van der Waals surface area (Å²) in [7, 11) is 0. The molecule has 0 unspecified atom stereocenters. The molecule has 1 aliphatic rings. The Balaban J connectivity index is 1.82. The lowest BCUT2D eigenvalue weighted by Crippen LogP contribution is -2.34. The van der Waals surface area contributed by atoms with Gasteiger partial charge < -0.3 is 5.32 Å². The molecule has 0 aliphatic heterocycles. The fraction of sp³-hybridized carbons (Fsp3) is 0.235. The van der Waals surface area contributed by atoms with Crippen LogP contribution in [-0.4, -0.2) is 5.91 Å². The van der Waals surface area contributed by atoms with Crippen molar-refractivity contribution in [2.24, 2.45) is 0 Å². The van der Waals surface area contributed by atoms with Crippen LogP contribution in [-0.2, 0) is 5.54 Å². The molecule has 20 heavy (non-hydrogen) atoms. The van der Waals surface area contributed by atoms with Gasteiger partial charge in [0.15, 0.2) is 0 Å². The molecule has 102 valence electrons. The van der Waals surface area contributed by atoms with Crippen LogP contribution in [0, 0.1) is 6.92 Å². The highest BCUT2D eigenvalue weighted by atomic mass is 35.5. The van der Waals surface area contributed by atoms with E-state index in [0.717, 1.165) is 24.0 Å². The molecule has 3 heteroatoms. The van der Waals surface area contributed by atoms with Crippen LogP contribution in [0.15, 0.2) is 48.5 Å². The number of hydrogen-bond donors (Lipinski definition) is 1. The second kappa shape index (κ2) is 4.95. The molecular formula is C17H16ClNO. The largest absolute Gasteiger partial charge is 0.343 e. The summed E-state index contributed by atoms with van der Waals surface area (Å²) in [6, 6.07) is 15.4. The number of carbonyl (C=O) groups excluding carboxylic acids is 1. The van der Waals surface area contributed by atoms with Crippen molar-refractivity contribution < 1.29 is 4.79 Å². The van der Waals surface area contributed by atoms with Crippen LogP contribution in [0.3, 0.4) is 0 Å². The molecule has 1 saturated carbocycles. The lowest BCUT2D eigenvalue weighted by atomic mass is 10.0. The summed E-state index contributed by atoms with van der Waals surface area (Å²) >= 11 is 6.04. The maximum absolute atomic E-state index is 12.4.